The van der Waals surface area contributed by atoms with Gasteiger partial charge in [0.1, 0.15) is 11.8 Å². The average molecular weight is 292 g/mol. The Morgan fingerprint density at radius 1 is 1.52 bits per heavy atom. The zero-order chi connectivity index (χ0) is 15.0. The van der Waals surface area contributed by atoms with Crippen molar-refractivity contribution in [3.8, 4) is 0 Å². The van der Waals surface area contributed by atoms with Gasteiger partial charge in [-0.05, 0) is 26.3 Å². The van der Waals surface area contributed by atoms with Crippen molar-refractivity contribution < 1.29 is 14.1 Å². The molecule has 7 heteroatoms. The largest absolute Gasteiger partial charge is 0.364 e. The maximum Gasteiger partial charge on any atom is 0.324 e. The lowest BCUT2D eigenvalue weighted by Crippen LogP contribution is -2.55. The highest BCUT2D eigenvalue weighted by Crippen LogP contribution is 2.32. The third-order valence-electron chi connectivity index (χ3n) is 4.62. The first-order valence-corrected chi connectivity index (χ1v) is 7.22. The second-order valence-corrected chi connectivity index (χ2v) is 6.06. The smallest absolute Gasteiger partial charge is 0.324 e. The molecule has 3 rings (SSSR count). The van der Waals surface area contributed by atoms with Crippen LogP contribution in [0.25, 0.3) is 0 Å². The molecule has 21 heavy (non-hydrogen) atoms. The first kappa shape index (κ1) is 14.1. The lowest BCUT2D eigenvalue weighted by atomic mass is 9.80. The van der Waals surface area contributed by atoms with Crippen molar-refractivity contribution in [2.45, 2.75) is 31.8 Å². The molecule has 2 fully saturated rings. The van der Waals surface area contributed by atoms with E-state index >= 15 is 0 Å². The summed E-state index contributed by atoms with van der Waals surface area (Å²) in [5.41, 5.74) is 0.0913. The molecule has 1 aromatic rings. The molecule has 0 aliphatic carbocycles. The highest BCUT2D eigenvalue weighted by atomic mass is 16.5. The second kappa shape index (κ2) is 5.14. The number of amides is 3. The number of likely N-dealkylation sites (tertiary alicyclic amines) is 1. The molecule has 2 aliphatic rings. The van der Waals surface area contributed by atoms with Crippen LogP contribution in [-0.2, 0) is 11.3 Å². The summed E-state index contributed by atoms with van der Waals surface area (Å²) in [5.74, 6) is -0.0275. The first-order chi connectivity index (χ1) is 10.0. The summed E-state index contributed by atoms with van der Waals surface area (Å²) < 4.78 is 4.85. The van der Waals surface area contributed by atoms with Gasteiger partial charge in [-0.25, -0.2) is 4.79 Å². The van der Waals surface area contributed by atoms with Gasteiger partial charge in [0.25, 0.3) is 5.91 Å². The second-order valence-electron chi connectivity index (χ2n) is 6.06. The van der Waals surface area contributed by atoms with E-state index in [0.717, 1.165) is 31.6 Å². The SMILES string of the molecule is CN1C(=O)N[C@@](C)([C@@H]2CCCN(Cc3ccon3)C2)C1=O. The maximum absolute atomic E-state index is 12.4. The number of carbonyl (C=O) groups excluding carboxylic acids is 2. The number of urea groups is 1. The van der Waals surface area contributed by atoms with Gasteiger partial charge >= 0.3 is 6.03 Å². The van der Waals surface area contributed by atoms with Crippen LogP contribution in [-0.4, -0.2) is 52.6 Å². The van der Waals surface area contributed by atoms with Gasteiger partial charge in [0.2, 0.25) is 0 Å². The number of nitrogens with one attached hydrogen (secondary N) is 1. The van der Waals surface area contributed by atoms with Crippen molar-refractivity contribution in [1.82, 2.24) is 20.3 Å². The van der Waals surface area contributed by atoms with Crippen LogP contribution < -0.4 is 5.32 Å². The number of aromatic nitrogens is 1. The number of nitrogens with zero attached hydrogens (tertiary/aromatic N) is 3. The summed E-state index contributed by atoms with van der Waals surface area (Å²) in [5, 5.41) is 6.78. The number of carbonyl (C=O) groups is 2. The van der Waals surface area contributed by atoms with E-state index < -0.39 is 5.54 Å². The Hall–Kier alpha value is -1.89. The highest BCUT2D eigenvalue weighted by molar-refractivity contribution is 6.06. The first-order valence-electron chi connectivity index (χ1n) is 7.22. The Morgan fingerprint density at radius 2 is 2.33 bits per heavy atom. The fraction of sp³-hybridized carbons (Fsp3) is 0.643. The minimum absolute atomic E-state index is 0.111. The molecule has 2 aliphatic heterocycles. The van der Waals surface area contributed by atoms with Crippen LogP contribution in [0.1, 0.15) is 25.5 Å². The molecule has 7 nitrogen and oxygen atoms in total. The summed E-state index contributed by atoms with van der Waals surface area (Å²) in [6.45, 7) is 4.28. The fourth-order valence-electron chi connectivity index (χ4n) is 3.30. The van der Waals surface area contributed by atoms with E-state index in [-0.39, 0.29) is 17.9 Å². The third-order valence-corrected chi connectivity index (χ3v) is 4.62. The lowest BCUT2D eigenvalue weighted by Gasteiger charge is -2.39. The molecule has 3 amide bonds. The molecular weight excluding hydrogens is 272 g/mol. The van der Waals surface area contributed by atoms with Gasteiger partial charge in [0.05, 0.1) is 5.69 Å². The molecule has 3 heterocycles. The van der Waals surface area contributed by atoms with Crippen LogP contribution >= 0.6 is 0 Å². The van der Waals surface area contributed by atoms with Gasteiger partial charge in [-0.2, -0.15) is 0 Å². The van der Waals surface area contributed by atoms with Gasteiger partial charge in [-0.1, -0.05) is 5.16 Å². The van der Waals surface area contributed by atoms with Gasteiger partial charge in [0.15, 0.2) is 0 Å². The molecule has 2 saturated heterocycles. The van der Waals surface area contributed by atoms with Crippen LogP contribution in [0.4, 0.5) is 4.79 Å². The van der Waals surface area contributed by atoms with E-state index in [1.165, 1.54) is 11.9 Å². The van der Waals surface area contributed by atoms with Crippen LogP contribution in [0.15, 0.2) is 16.9 Å². The van der Waals surface area contributed by atoms with E-state index in [0.29, 0.717) is 6.54 Å². The molecular formula is C14H20N4O3. The summed E-state index contributed by atoms with van der Waals surface area (Å²) in [7, 11) is 1.53. The van der Waals surface area contributed by atoms with E-state index in [1.54, 1.807) is 6.26 Å². The van der Waals surface area contributed by atoms with Crippen molar-refractivity contribution in [2.75, 3.05) is 20.1 Å². The van der Waals surface area contributed by atoms with Crippen LogP contribution in [0.5, 0.6) is 0 Å². The molecule has 2 atom stereocenters. The summed E-state index contributed by atoms with van der Waals surface area (Å²) >= 11 is 0. The van der Waals surface area contributed by atoms with Crippen molar-refractivity contribution in [2.24, 2.45) is 5.92 Å². The molecule has 1 N–H and O–H groups in total. The number of rotatable bonds is 3. The predicted octanol–water partition coefficient (Wildman–Crippen LogP) is 0.827. The van der Waals surface area contributed by atoms with E-state index in [1.807, 2.05) is 13.0 Å². The van der Waals surface area contributed by atoms with Crippen molar-refractivity contribution >= 4 is 11.9 Å². The highest BCUT2D eigenvalue weighted by Gasteiger charge is 2.51. The van der Waals surface area contributed by atoms with Gasteiger partial charge in [-0.3, -0.25) is 14.6 Å². The molecule has 1 aromatic heterocycles. The fourth-order valence-corrected chi connectivity index (χ4v) is 3.30. The molecule has 0 saturated carbocycles. The Bertz CT molecular complexity index is 544. The van der Waals surface area contributed by atoms with E-state index in [4.69, 9.17) is 4.52 Å². The maximum atomic E-state index is 12.4. The Kier molecular flexibility index (Phi) is 3.44. The standard InChI is InChI=1S/C14H20N4O3/c1-14(12(19)17(2)13(20)15-14)10-4-3-6-18(8-10)9-11-5-7-21-16-11/h5,7,10H,3-4,6,8-9H2,1-2H3,(H,15,20)/t10-,14+/m1/s1. The van der Waals surface area contributed by atoms with Crippen molar-refractivity contribution in [1.29, 1.82) is 0 Å². The van der Waals surface area contributed by atoms with Gasteiger partial charge in [0, 0.05) is 32.1 Å². The van der Waals surface area contributed by atoms with Gasteiger partial charge in [-0.15, -0.1) is 0 Å². The van der Waals surface area contributed by atoms with Crippen LogP contribution in [0.3, 0.4) is 0 Å². The number of imide groups is 1. The average Bonchev–Trinajstić information content (AvgIpc) is 3.04. The topological polar surface area (TPSA) is 78.7 Å². The summed E-state index contributed by atoms with van der Waals surface area (Å²) in [6, 6.07) is 1.54. The molecule has 0 aromatic carbocycles. The molecule has 0 bridgehead atoms. The Balaban J connectivity index is 1.71. The number of hydrogen-bond donors (Lipinski definition) is 1. The van der Waals surface area contributed by atoms with Crippen molar-refractivity contribution in [3.63, 3.8) is 0 Å². The van der Waals surface area contributed by atoms with Gasteiger partial charge < -0.3 is 9.84 Å². The van der Waals surface area contributed by atoms with Crippen molar-refractivity contribution in [3.05, 3.63) is 18.0 Å². The molecule has 0 unspecified atom stereocenters. The zero-order valence-corrected chi connectivity index (χ0v) is 12.3. The number of likely N-dealkylation sites (N-methyl/N-ethyl adjacent to an activating group) is 1. The molecule has 0 spiro atoms. The van der Waals surface area contributed by atoms with E-state index in [2.05, 4.69) is 15.4 Å². The monoisotopic (exact) mass is 292 g/mol. The molecule has 0 radical (unpaired) electrons. The minimum Gasteiger partial charge on any atom is -0.364 e. The quantitative estimate of drug-likeness (QED) is 0.835. The summed E-state index contributed by atoms with van der Waals surface area (Å²) in [6.07, 6.45) is 3.50. The van der Waals surface area contributed by atoms with E-state index in [9.17, 15) is 9.59 Å². The number of piperidine rings is 1. The third kappa shape index (κ3) is 2.42. The van der Waals surface area contributed by atoms with Crippen LogP contribution in [0.2, 0.25) is 0 Å². The number of hydrogen-bond acceptors (Lipinski definition) is 5. The Morgan fingerprint density at radius 3 is 2.95 bits per heavy atom. The zero-order valence-electron chi connectivity index (χ0n) is 12.3. The lowest BCUT2D eigenvalue weighted by molar-refractivity contribution is -0.132. The normalized spacial score (nSPS) is 30.8. The predicted molar refractivity (Wildman–Crippen MR) is 74.2 cm³/mol. The Labute approximate surface area is 123 Å². The van der Waals surface area contributed by atoms with Crippen LogP contribution in [0, 0.1) is 5.92 Å². The molecule has 114 valence electrons. The minimum atomic E-state index is -0.797. The summed E-state index contributed by atoms with van der Waals surface area (Å²) in [4.78, 5) is 27.5.